The molecule has 0 amide bonds. The van der Waals surface area contributed by atoms with Crippen LogP contribution in [0.4, 0.5) is 23.1 Å². The molecule has 1 unspecified atom stereocenters. The SMILES string of the molecule is CCC(C)Nc1ncnc(Nc2ccc(Cl)cn2)c1N. The van der Waals surface area contributed by atoms with E-state index in [0.29, 0.717) is 28.2 Å². The van der Waals surface area contributed by atoms with Crippen LogP contribution < -0.4 is 16.4 Å². The van der Waals surface area contributed by atoms with Crippen molar-refractivity contribution < 1.29 is 0 Å². The van der Waals surface area contributed by atoms with Crippen LogP contribution >= 0.6 is 11.6 Å². The van der Waals surface area contributed by atoms with E-state index in [0.717, 1.165) is 6.42 Å². The summed E-state index contributed by atoms with van der Waals surface area (Å²) in [4.78, 5) is 12.4. The second-order valence-corrected chi connectivity index (χ2v) is 4.86. The van der Waals surface area contributed by atoms with Gasteiger partial charge in [-0.25, -0.2) is 15.0 Å². The van der Waals surface area contributed by atoms with Crippen LogP contribution in [0.5, 0.6) is 0 Å². The van der Waals surface area contributed by atoms with Gasteiger partial charge in [0.15, 0.2) is 11.6 Å². The second kappa shape index (κ2) is 6.38. The average Bonchev–Trinajstić information content (AvgIpc) is 2.45. The Bertz CT molecular complexity index is 572. The van der Waals surface area contributed by atoms with Crippen LogP contribution in [0.2, 0.25) is 5.02 Å². The minimum Gasteiger partial charge on any atom is -0.393 e. The molecule has 4 N–H and O–H groups in total. The highest BCUT2D eigenvalue weighted by molar-refractivity contribution is 6.30. The van der Waals surface area contributed by atoms with Crippen LogP contribution in [0.3, 0.4) is 0 Å². The quantitative estimate of drug-likeness (QED) is 0.785. The first-order valence-electron chi connectivity index (χ1n) is 6.35. The minimum absolute atomic E-state index is 0.286. The third kappa shape index (κ3) is 3.48. The Morgan fingerprint density at radius 2 is 2.00 bits per heavy atom. The van der Waals surface area contributed by atoms with Gasteiger partial charge in [-0.3, -0.25) is 0 Å². The Hall–Kier alpha value is -2.08. The molecule has 2 aromatic heterocycles. The molecule has 0 radical (unpaired) electrons. The fraction of sp³-hybridized carbons (Fsp3) is 0.308. The molecule has 1 atom stereocenters. The number of rotatable bonds is 5. The summed E-state index contributed by atoms with van der Waals surface area (Å²) in [6.07, 6.45) is 3.99. The van der Waals surface area contributed by atoms with Crippen molar-refractivity contribution in [1.29, 1.82) is 0 Å². The van der Waals surface area contributed by atoms with E-state index in [-0.39, 0.29) is 6.04 Å². The van der Waals surface area contributed by atoms with E-state index >= 15 is 0 Å². The van der Waals surface area contributed by atoms with E-state index in [1.165, 1.54) is 6.33 Å². The maximum atomic E-state index is 6.06. The number of hydrogen-bond donors (Lipinski definition) is 3. The maximum absolute atomic E-state index is 6.06. The smallest absolute Gasteiger partial charge is 0.160 e. The van der Waals surface area contributed by atoms with Gasteiger partial charge in [-0.15, -0.1) is 0 Å². The van der Waals surface area contributed by atoms with Crippen molar-refractivity contribution in [2.75, 3.05) is 16.4 Å². The zero-order valence-electron chi connectivity index (χ0n) is 11.4. The number of hydrogen-bond acceptors (Lipinski definition) is 6. The molecule has 2 rings (SSSR count). The van der Waals surface area contributed by atoms with E-state index in [9.17, 15) is 0 Å². The highest BCUT2D eigenvalue weighted by Gasteiger charge is 2.10. The van der Waals surface area contributed by atoms with Gasteiger partial charge in [0.1, 0.15) is 17.8 Å². The zero-order chi connectivity index (χ0) is 14.5. The van der Waals surface area contributed by atoms with Gasteiger partial charge < -0.3 is 16.4 Å². The van der Waals surface area contributed by atoms with E-state index < -0.39 is 0 Å². The molecule has 0 spiro atoms. The fourth-order valence-corrected chi connectivity index (χ4v) is 1.63. The molecule has 0 fully saturated rings. The number of nitrogens with zero attached hydrogens (tertiary/aromatic N) is 3. The number of pyridine rings is 1. The summed E-state index contributed by atoms with van der Waals surface area (Å²) in [5.41, 5.74) is 6.52. The van der Waals surface area contributed by atoms with Crippen LogP contribution in [0, 0.1) is 0 Å². The number of nitrogens with two attached hydrogens (primary N) is 1. The predicted molar refractivity (Wildman–Crippen MR) is 82.3 cm³/mol. The Morgan fingerprint density at radius 1 is 1.25 bits per heavy atom. The van der Waals surface area contributed by atoms with Gasteiger partial charge in [0.05, 0.1) is 5.02 Å². The van der Waals surface area contributed by atoms with Crippen molar-refractivity contribution in [3.8, 4) is 0 Å². The molecule has 106 valence electrons. The molecule has 0 aliphatic carbocycles. The molecule has 7 heteroatoms. The summed E-state index contributed by atoms with van der Waals surface area (Å²) in [7, 11) is 0. The molecule has 0 saturated carbocycles. The van der Waals surface area contributed by atoms with Crippen LogP contribution in [-0.2, 0) is 0 Å². The van der Waals surface area contributed by atoms with Crippen LogP contribution in [-0.4, -0.2) is 21.0 Å². The molecule has 20 heavy (non-hydrogen) atoms. The van der Waals surface area contributed by atoms with Gasteiger partial charge in [0.25, 0.3) is 0 Å². The van der Waals surface area contributed by atoms with Gasteiger partial charge in [0.2, 0.25) is 0 Å². The molecule has 0 aliphatic heterocycles. The standard InChI is InChI=1S/C13H17ClN6/c1-3-8(2)19-12-11(15)13(18-7-17-12)20-10-5-4-9(14)6-16-10/h4-8H,3,15H2,1-2H3,(H2,16,17,18,19,20). The number of aromatic nitrogens is 3. The normalized spacial score (nSPS) is 11.9. The molecular weight excluding hydrogens is 276 g/mol. The summed E-state index contributed by atoms with van der Waals surface area (Å²) < 4.78 is 0. The van der Waals surface area contributed by atoms with Crippen molar-refractivity contribution in [2.45, 2.75) is 26.3 Å². The summed E-state index contributed by atoms with van der Waals surface area (Å²) >= 11 is 5.79. The lowest BCUT2D eigenvalue weighted by Crippen LogP contribution is -2.16. The van der Waals surface area contributed by atoms with E-state index in [2.05, 4.69) is 39.4 Å². The molecule has 0 aromatic carbocycles. The highest BCUT2D eigenvalue weighted by atomic mass is 35.5. The maximum Gasteiger partial charge on any atom is 0.160 e. The third-order valence-corrected chi connectivity index (χ3v) is 3.08. The van der Waals surface area contributed by atoms with Crippen molar-refractivity contribution >= 4 is 34.7 Å². The van der Waals surface area contributed by atoms with Gasteiger partial charge in [-0.05, 0) is 25.5 Å². The van der Waals surface area contributed by atoms with Crippen molar-refractivity contribution in [1.82, 2.24) is 15.0 Å². The van der Waals surface area contributed by atoms with E-state index in [4.69, 9.17) is 17.3 Å². The highest BCUT2D eigenvalue weighted by Crippen LogP contribution is 2.25. The Morgan fingerprint density at radius 3 is 2.65 bits per heavy atom. The van der Waals surface area contributed by atoms with Gasteiger partial charge in [0, 0.05) is 12.2 Å². The van der Waals surface area contributed by atoms with Gasteiger partial charge >= 0.3 is 0 Å². The summed E-state index contributed by atoms with van der Waals surface area (Å²) in [5.74, 6) is 1.75. The van der Waals surface area contributed by atoms with Crippen molar-refractivity contribution in [3.63, 3.8) is 0 Å². The molecule has 0 saturated heterocycles. The second-order valence-electron chi connectivity index (χ2n) is 4.42. The molecule has 2 heterocycles. The minimum atomic E-state index is 0.286. The van der Waals surface area contributed by atoms with Gasteiger partial charge in [-0.2, -0.15) is 0 Å². The lowest BCUT2D eigenvalue weighted by Gasteiger charge is -2.15. The first-order valence-corrected chi connectivity index (χ1v) is 6.73. The molecule has 2 aromatic rings. The number of anilines is 4. The Balaban J connectivity index is 2.20. The van der Waals surface area contributed by atoms with Gasteiger partial charge in [-0.1, -0.05) is 18.5 Å². The lowest BCUT2D eigenvalue weighted by molar-refractivity contribution is 0.759. The monoisotopic (exact) mass is 292 g/mol. The molecule has 0 aliphatic rings. The first kappa shape index (κ1) is 14.3. The molecule has 6 nitrogen and oxygen atoms in total. The summed E-state index contributed by atoms with van der Waals surface area (Å²) in [6, 6.07) is 3.78. The molecule has 0 bridgehead atoms. The van der Waals surface area contributed by atoms with Crippen LogP contribution in [0.25, 0.3) is 0 Å². The Labute approximate surface area is 122 Å². The Kier molecular flexibility index (Phi) is 4.57. The number of nitrogens with one attached hydrogen (secondary N) is 2. The molecular formula is C13H17ClN6. The average molecular weight is 293 g/mol. The van der Waals surface area contributed by atoms with Crippen LogP contribution in [0.1, 0.15) is 20.3 Å². The topological polar surface area (TPSA) is 88.8 Å². The summed E-state index contributed by atoms with van der Waals surface area (Å²) in [6.45, 7) is 4.15. The van der Waals surface area contributed by atoms with E-state index in [1.54, 1.807) is 18.3 Å². The zero-order valence-corrected chi connectivity index (χ0v) is 12.1. The third-order valence-electron chi connectivity index (χ3n) is 2.85. The predicted octanol–water partition coefficient (Wildman–Crippen LogP) is 3.06. The number of nitrogen functional groups attached to an aromatic ring is 1. The van der Waals surface area contributed by atoms with E-state index in [1.807, 2.05) is 0 Å². The summed E-state index contributed by atoms with van der Waals surface area (Å²) in [5, 5.41) is 6.86. The fourth-order valence-electron chi connectivity index (χ4n) is 1.52. The van der Waals surface area contributed by atoms with Crippen molar-refractivity contribution in [2.24, 2.45) is 0 Å². The lowest BCUT2D eigenvalue weighted by atomic mass is 10.2. The first-order chi connectivity index (χ1) is 9.60. The largest absolute Gasteiger partial charge is 0.393 e. The number of halogens is 1. The van der Waals surface area contributed by atoms with Crippen LogP contribution in [0.15, 0.2) is 24.7 Å². The van der Waals surface area contributed by atoms with Crippen molar-refractivity contribution in [3.05, 3.63) is 29.7 Å².